The maximum Gasteiger partial charge on any atom is 0.271 e. The maximum absolute atomic E-state index is 12.2. The lowest BCUT2D eigenvalue weighted by molar-refractivity contribution is 0.0948. The lowest BCUT2D eigenvalue weighted by Crippen LogP contribution is -2.26. The Labute approximate surface area is 168 Å². The molecule has 2 heterocycles. The molecule has 130 valence electrons. The van der Waals surface area contributed by atoms with Gasteiger partial charge in [0.1, 0.15) is 10.8 Å². The molecule has 3 aromatic rings. The molecule has 4 nitrogen and oxygen atoms in total. The van der Waals surface area contributed by atoms with Gasteiger partial charge in [-0.1, -0.05) is 58.5 Å². The standard InChI is InChI=1S/C16H11Cl4N3OS/c17-11-12(18)14(23-15(20)13(11)19)16(24)21-7-3-6-10-22-8-4-1-2-5-9(8)25-10/h1-2,4-5H,3,6-7H2,(H,21,24). The number of fused-ring (bicyclic) bond motifs is 1. The van der Waals surface area contributed by atoms with Gasteiger partial charge in [0.2, 0.25) is 0 Å². The van der Waals surface area contributed by atoms with Gasteiger partial charge in [-0.15, -0.1) is 11.3 Å². The van der Waals surface area contributed by atoms with Gasteiger partial charge in [-0.05, 0) is 18.6 Å². The van der Waals surface area contributed by atoms with Crippen LogP contribution in [0.4, 0.5) is 0 Å². The molecule has 1 aromatic carbocycles. The fourth-order valence-electron chi connectivity index (χ4n) is 2.19. The summed E-state index contributed by atoms with van der Waals surface area (Å²) >= 11 is 25.3. The molecule has 0 saturated heterocycles. The van der Waals surface area contributed by atoms with Gasteiger partial charge < -0.3 is 5.32 Å². The van der Waals surface area contributed by atoms with Crippen LogP contribution in [0.1, 0.15) is 21.9 Å². The van der Waals surface area contributed by atoms with Crippen LogP contribution < -0.4 is 5.32 Å². The quantitative estimate of drug-likeness (QED) is 0.415. The van der Waals surface area contributed by atoms with Crippen LogP contribution in [0.5, 0.6) is 0 Å². The van der Waals surface area contributed by atoms with E-state index in [-0.39, 0.29) is 25.9 Å². The minimum absolute atomic E-state index is 0.0141. The first kappa shape index (κ1) is 18.7. The summed E-state index contributed by atoms with van der Waals surface area (Å²) in [6.45, 7) is 0.449. The molecule has 0 aliphatic rings. The summed E-state index contributed by atoms with van der Waals surface area (Å²) in [5, 5.41) is 3.75. The molecule has 0 saturated carbocycles. The molecule has 0 bridgehead atoms. The van der Waals surface area contributed by atoms with E-state index in [1.165, 1.54) is 0 Å². The zero-order valence-electron chi connectivity index (χ0n) is 12.7. The third-order valence-electron chi connectivity index (χ3n) is 3.39. The van der Waals surface area contributed by atoms with E-state index in [1.807, 2.05) is 24.3 Å². The first-order chi connectivity index (χ1) is 12.0. The summed E-state index contributed by atoms with van der Waals surface area (Å²) in [4.78, 5) is 20.7. The molecule has 0 fully saturated rings. The Morgan fingerprint density at radius 1 is 1.04 bits per heavy atom. The van der Waals surface area contributed by atoms with Gasteiger partial charge in [-0.25, -0.2) is 9.97 Å². The van der Waals surface area contributed by atoms with Crippen LogP contribution >= 0.6 is 57.7 Å². The third-order valence-corrected chi connectivity index (χ3v) is 6.16. The smallest absolute Gasteiger partial charge is 0.271 e. The number of hydrogen-bond donors (Lipinski definition) is 1. The second-order valence-corrected chi connectivity index (χ2v) is 7.74. The monoisotopic (exact) mass is 433 g/mol. The van der Waals surface area contributed by atoms with Gasteiger partial charge in [0.25, 0.3) is 5.91 Å². The number of carbonyl (C=O) groups is 1. The van der Waals surface area contributed by atoms with E-state index in [9.17, 15) is 4.79 Å². The Balaban J connectivity index is 1.58. The van der Waals surface area contributed by atoms with E-state index in [0.29, 0.717) is 6.54 Å². The number of amides is 1. The molecule has 2 aromatic heterocycles. The van der Waals surface area contributed by atoms with Gasteiger partial charge in [0, 0.05) is 13.0 Å². The Morgan fingerprint density at radius 2 is 1.80 bits per heavy atom. The Kier molecular flexibility index (Phi) is 6.02. The molecule has 0 atom stereocenters. The fourth-order valence-corrected chi connectivity index (χ4v) is 4.01. The number of halogens is 4. The number of benzene rings is 1. The summed E-state index contributed by atoms with van der Waals surface area (Å²) in [5.41, 5.74) is 0.953. The molecule has 0 aliphatic heterocycles. The normalized spacial score (nSPS) is 11.0. The van der Waals surface area contributed by atoms with E-state index < -0.39 is 5.91 Å². The fraction of sp³-hybridized carbons (Fsp3) is 0.188. The summed E-state index contributed by atoms with van der Waals surface area (Å²) in [6.07, 6.45) is 1.50. The van der Waals surface area contributed by atoms with Crippen molar-refractivity contribution in [3.63, 3.8) is 0 Å². The SMILES string of the molecule is O=C(NCCCc1nc2ccccc2s1)c1nc(Cl)c(Cl)c(Cl)c1Cl. The summed E-state index contributed by atoms with van der Waals surface area (Å²) < 4.78 is 1.16. The average molecular weight is 435 g/mol. The van der Waals surface area contributed by atoms with Crippen molar-refractivity contribution >= 4 is 73.9 Å². The van der Waals surface area contributed by atoms with Crippen molar-refractivity contribution < 1.29 is 4.79 Å². The molecule has 1 N–H and O–H groups in total. The average Bonchev–Trinajstić information content (AvgIpc) is 3.02. The largest absolute Gasteiger partial charge is 0.351 e. The van der Waals surface area contributed by atoms with Crippen molar-refractivity contribution in [1.82, 2.24) is 15.3 Å². The highest BCUT2D eigenvalue weighted by Crippen LogP contribution is 2.36. The van der Waals surface area contributed by atoms with Crippen LogP contribution in [0.25, 0.3) is 10.2 Å². The Hall–Kier alpha value is -1.11. The van der Waals surface area contributed by atoms with E-state index in [4.69, 9.17) is 46.4 Å². The van der Waals surface area contributed by atoms with Gasteiger partial charge in [0.05, 0.1) is 30.3 Å². The van der Waals surface area contributed by atoms with Gasteiger partial charge in [0.15, 0.2) is 0 Å². The van der Waals surface area contributed by atoms with Gasteiger partial charge in [-0.3, -0.25) is 4.79 Å². The summed E-state index contributed by atoms with van der Waals surface area (Å²) in [7, 11) is 0. The van der Waals surface area contributed by atoms with Crippen LogP contribution in [-0.2, 0) is 6.42 Å². The number of hydrogen-bond acceptors (Lipinski definition) is 4. The van der Waals surface area contributed by atoms with Crippen molar-refractivity contribution in [3.8, 4) is 0 Å². The minimum atomic E-state index is -0.449. The minimum Gasteiger partial charge on any atom is -0.351 e. The number of para-hydroxylation sites is 1. The van der Waals surface area contributed by atoms with E-state index in [2.05, 4.69) is 15.3 Å². The highest BCUT2D eigenvalue weighted by Gasteiger charge is 2.19. The number of pyridine rings is 1. The lowest BCUT2D eigenvalue weighted by atomic mass is 10.3. The zero-order valence-corrected chi connectivity index (χ0v) is 16.5. The van der Waals surface area contributed by atoms with Crippen LogP contribution in [0.15, 0.2) is 24.3 Å². The number of aromatic nitrogens is 2. The zero-order chi connectivity index (χ0) is 18.0. The number of aryl methyl sites for hydroxylation is 1. The number of nitrogens with one attached hydrogen (secondary N) is 1. The van der Waals surface area contributed by atoms with Crippen molar-refractivity contribution in [1.29, 1.82) is 0 Å². The molecule has 1 amide bonds. The Bertz CT molecular complexity index is 912. The molecular weight excluding hydrogens is 424 g/mol. The predicted molar refractivity (Wildman–Crippen MR) is 105 cm³/mol. The molecular formula is C16H11Cl4N3OS. The number of carbonyl (C=O) groups excluding carboxylic acids is 1. The first-order valence-corrected chi connectivity index (χ1v) is 9.63. The van der Waals surface area contributed by atoms with Crippen LogP contribution in [0.3, 0.4) is 0 Å². The van der Waals surface area contributed by atoms with E-state index >= 15 is 0 Å². The topological polar surface area (TPSA) is 54.9 Å². The molecule has 0 radical (unpaired) electrons. The highest BCUT2D eigenvalue weighted by molar-refractivity contribution is 7.18. The number of nitrogens with zero attached hydrogens (tertiary/aromatic N) is 2. The molecule has 0 unspecified atom stereocenters. The Morgan fingerprint density at radius 3 is 2.56 bits per heavy atom. The lowest BCUT2D eigenvalue weighted by Gasteiger charge is -2.08. The molecule has 0 aliphatic carbocycles. The van der Waals surface area contributed by atoms with Crippen LogP contribution in [0, 0.1) is 0 Å². The van der Waals surface area contributed by atoms with Gasteiger partial charge in [-0.2, -0.15) is 0 Å². The van der Waals surface area contributed by atoms with Gasteiger partial charge >= 0.3 is 0 Å². The second-order valence-electron chi connectivity index (χ2n) is 5.13. The molecule has 9 heteroatoms. The molecule has 0 spiro atoms. The first-order valence-electron chi connectivity index (χ1n) is 7.30. The maximum atomic E-state index is 12.2. The number of rotatable bonds is 5. The molecule has 25 heavy (non-hydrogen) atoms. The van der Waals surface area contributed by atoms with Crippen molar-refractivity contribution in [3.05, 3.63) is 55.2 Å². The van der Waals surface area contributed by atoms with Crippen molar-refractivity contribution in [2.24, 2.45) is 0 Å². The second kappa shape index (κ2) is 8.06. The van der Waals surface area contributed by atoms with Crippen molar-refractivity contribution in [2.75, 3.05) is 6.54 Å². The van der Waals surface area contributed by atoms with E-state index in [1.54, 1.807) is 11.3 Å². The third kappa shape index (κ3) is 4.18. The predicted octanol–water partition coefficient (Wildman–Crippen LogP) is 5.67. The summed E-state index contributed by atoms with van der Waals surface area (Å²) in [5.74, 6) is -0.449. The van der Waals surface area contributed by atoms with E-state index in [0.717, 1.165) is 28.1 Å². The summed E-state index contributed by atoms with van der Waals surface area (Å²) in [6, 6.07) is 7.98. The number of thiazole rings is 1. The molecule has 3 rings (SSSR count). The van der Waals surface area contributed by atoms with Crippen molar-refractivity contribution in [2.45, 2.75) is 12.8 Å². The van der Waals surface area contributed by atoms with Crippen LogP contribution in [-0.4, -0.2) is 22.4 Å². The highest BCUT2D eigenvalue weighted by atomic mass is 35.5. The van der Waals surface area contributed by atoms with Crippen LogP contribution in [0.2, 0.25) is 20.2 Å².